The van der Waals surface area contributed by atoms with E-state index in [1.807, 2.05) is 49.5 Å². The van der Waals surface area contributed by atoms with Crippen LogP contribution in [0.5, 0.6) is 0 Å². The molecule has 1 aliphatic rings. The van der Waals surface area contributed by atoms with E-state index in [9.17, 15) is 9.90 Å². The Hall–Kier alpha value is -2.74. The summed E-state index contributed by atoms with van der Waals surface area (Å²) in [7, 11) is 2.04. The van der Waals surface area contributed by atoms with Crippen molar-refractivity contribution in [3.05, 3.63) is 60.3 Å². The molecule has 1 aliphatic heterocycles. The van der Waals surface area contributed by atoms with E-state index in [1.54, 1.807) is 12.3 Å². The van der Waals surface area contributed by atoms with Crippen LogP contribution in [-0.4, -0.2) is 84.3 Å². The van der Waals surface area contributed by atoms with Gasteiger partial charge in [0.2, 0.25) is 5.91 Å². The largest absolute Gasteiger partial charge is 0.390 e. The van der Waals surface area contributed by atoms with Crippen molar-refractivity contribution < 1.29 is 9.90 Å². The summed E-state index contributed by atoms with van der Waals surface area (Å²) >= 11 is 0. The molecule has 1 unspecified atom stereocenters. The first-order chi connectivity index (χ1) is 15.4. The highest BCUT2D eigenvalue weighted by atomic mass is 16.3. The minimum atomic E-state index is -0.342. The van der Waals surface area contributed by atoms with Crippen LogP contribution in [0.4, 0.5) is 11.5 Å². The van der Waals surface area contributed by atoms with E-state index >= 15 is 0 Å². The number of likely N-dealkylation sites (N-methyl/N-ethyl adjacent to an activating group) is 1. The van der Waals surface area contributed by atoms with Crippen molar-refractivity contribution in [1.29, 1.82) is 0 Å². The number of nitrogens with one attached hydrogen (secondary N) is 1. The quantitative estimate of drug-likeness (QED) is 0.588. The summed E-state index contributed by atoms with van der Waals surface area (Å²) in [5.41, 5.74) is 1.65. The average Bonchev–Trinajstić information content (AvgIpc) is 2.79. The SMILES string of the molecule is CC(C)N(C)CC(O)CN1CCN(c2ccc(NC(=O)/C=C/c3ccccc3)cn2)CC1. The highest BCUT2D eigenvalue weighted by molar-refractivity contribution is 6.01. The van der Waals surface area contributed by atoms with Crippen LogP contribution in [-0.2, 0) is 4.79 Å². The van der Waals surface area contributed by atoms with E-state index in [-0.39, 0.29) is 12.0 Å². The molecule has 1 amide bonds. The molecule has 1 saturated heterocycles. The molecule has 1 fully saturated rings. The number of carbonyl (C=O) groups excluding carboxylic acids is 1. The molecule has 1 aromatic heterocycles. The van der Waals surface area contributed by atoms with E-state index in [4.69, 9.17) is 0 Å². The Morgan fingerprint density at radius 3 is 2.50 bits per heavy atom. The van der Waals surface area contributed by atoms with Crippen LogP contribution < -0.4 is 10.2 Å². The highest BCUT2D eigenvalue weighted by Gasteiger charge is 2.21. The number of benzene rings is 1. The van der Waals surface area contributed by atoms with Crippen molar-refractivity contribution >= 4 is 23.5 Å². The van der Waals surface area contributed by atoms with Crippen molar-refractivity contribution in [3.8, 4) is 0 Å². The summed E-state index contributed by atoms with van der Waals surface area (Å²) in [6, 6.07) is 14.0. The third kappa shape index (κ3) is 7.44. The van der Waals surface area contributed by atoms with Gasteiger partial charge in [0.1, 0.15) is 5.82 Å². The first-order valence-electron chi connectivity index (χ1n) is 11.3. The number of anilines is 2. The number of pyridine rings is 1. The lowest BCUT2D eigenvalue weighted by atomic mass is 10.2. The Morgan fingerprint density at radius 1 is 1.16 bits per heavy atom. The normalized spacial score (nSPS) is 16.1. The second-order valence-corrected chi connectivity index (χ2v) is 8.61. The molecule has 0 spiro atoms. The first-order valence-corrected chi connectivity index (χ1v) is 11.3. The third-order valence-electron chi connectivity index (χ3n) is 5.79. The summed E-state index contributed by atoms with van der Waals surface area (Å²) < 4.78 is 0. The van der Waals surface area contributed by atoms with Crippen LogP contribution in [0.25, 0.3) is 6.08 Å². The number of rotatable bonds is 9. The number of β-amino-alcohol motifs (C(OH)–C–C–N with tert-alkyl or cyclic N) is 1. The molecule has 32 heavy (non-hydrogen) atoms. The Labute approximate surface area is 191 Å². The summed E-state index contributed by atoms with van der Waals surface area (Å²) in [6.45, 7) is 9.18. The number of nitrogens with zero attached hydrogens (tertiary/aromatic N) is 4. The van der Waals surface area contributed by atoms with Gasteiger partial charge in [-0.2, -0.15) is 0 Å². The number of amides is 1. The zero-order chi connectivity index (χ0) is 22.9. The van der Waals surface area contributed by atoms with E-state index < -0.39 is 0 Å². The lowest BCUT2D eigenvalue weighted by molar-refractivity contribution is -0.111. The van der Waals surface area contributed by atoms with Gasteiger partial charge in [-0.15, -0.1) is 0 Å². The van der Waals surface area contributed by atoms with Gasteiger partial charge in [0.25, 0.3) is 0 Å². The number of piperazine rings is 1. The molecule has 0 aliphatic carbocycles. The van der Waals surface area contributed by atoms with Gasteiger partial charge < -0.3 is 20.2 Å². The molecule has 1 atom stereocenters. The molecule has 2 aromatic rings. The minimum absolute atomic E-state index is 0.182. The lowest BCUT2D eigenvalue weighted by Crippen LogP contribution is -2.50. The van der Waals surface area contributed by atoms with Crippen LogP contribution in [0.2, 0.25) is 0 Å². The van der Waals surface area contributed by atoms with Crippen LogP contribution >= 0.6 is 0 Å². The molecule has 2 N–H and O–H groups in total. The Morgan fingerprint density at radius 2 is 1.88 bits per heavy atom. The second kappa shape index (κ2) is 11.8. The summed E-state index contributed by atoms with van der Waals surface area (Å²) in [6.07, 6.45) is 4.66. The zero-order valence-electron chi connectivity index (χ0n) is 19.3. The lowest BCUT2D eigenvalue weighted by Gasteiger charge is -2.37. The standard InChI is InChI=1S/C25H35N5O2/c1-20(2)28(3)18-23(31)19-29-13-15-30(16-14-29)24-11-10-22(17-26-24)27-25(32)12-9-21-7-5-4-6-8-21/h4-12,17,20,23,31H,13-16,18-19H2,1-3H3,(H,27,32)/b12-9+. The summed E-state index contributed by atoms with van der Waals surface area (Å²) in [4.78, 5) is 23.4. The molecule has 0 bridgehead atoms. The van der Waals surface area contributed by atoms with Gasteiger partial charge in [0, 0.05) is 51.4 Å². The first kappa shape index (κ1) is 23.9. The van der Waals surface area contributed by atoms with Crippen LogP contribution in [0.1, 0.15) is 19.4 Å². The van der Waals surface area contributed by atoms with Crippen molar-refractivity contribution in [2.24, 2.45) is 0 Å². The monoisotopic (exact) mass is 437 g/mol. The fourth-order valence-electron chi connectivity index (χ4n) is 3.63. The molecule has 7 heteroatoms. The molecule has 1 aromatic carbocycles. The van der Waals surface area contributed by atoms with E-state index in [0.717, 1.165) is 37.6 Å². The molecule has 172 valence electrons. The number of aromatic nitrogens is 1. The summed E-state index contributed by atoms with van der Waals surface area (Å²) in [5.74, 6) is 0.723. The zero-order valence-corrected chi connectivity index (χ0v) is 19.3. The van der Waals surface area contributed by atoms with Crippen LogP contribution in [0, 0.1) is 0 Å². The van der Waals surface area contributed by atoms with E-state index in [0.29, 0.717) is 24.8 Å². The number of hydrogen-bond acceptors (Lipinski definition) is 6. The van der Waals surface area contributed by atoms with Crippen LogP contribution in [0.3, 0.4) is 0 Å². The number of carbonyl (C=O) groups is 1. The molecule has 0 radical (unpaired) electrons. The minimum Gasteiger partial charge on any atom is -0.390 e. The van der Waals surface area contributed by atoms with E-state index in [2.05, 4.69) is 38.8 Å². The fourth-order valence-corrected chi connectivity index (χ4v) is 3.63. The van der Waals surface area contributed by atoms with Gasteiger partial charge in [0.15, 0.2) is 0 Å². The summed E-state index contributed by atoms with van der Waals surface area (Å²) in [5, 5.41) is 13.2. The van der Waals surface area contributed by atoms with Crippen molar-refractivity contribution in [2.45, 2.75) is 26.0 Å². The number of aliphatic hydroxyl groups excluding tert-OH is 1. The molecule has 7 nitrogen and oxygen atoms in total. The van der Waals surface area contributed by atoms with Crippen molar-refractivity contribution in [1.82, 2.24) is 14.8 Å². The predicted octanol–water partition coefficient (Wildman–Crippen LogP) is 2.56. The van der Waals surface area contributed by atoms with Crippen molar-refractivity contribution in [2.75, 3.05) is 56.5 Å². The number of hydrogen-bond donors (Lipinski definition) is 2. The van der Waals surface area contributed by atoms with Gasteiger partial charge in [-0.1, -0.05) is 30.3 Å². The fraction of sp³-hybridized carbons (Fsp3) is 0.440. The van der Waals surface area contributed by atoms with Gasteiger partial charge in [-0.05, 0) is 44.7 Å². The third-order valence-corrected chi connectivity index (χ3v) is 5.79. The van der Waals surface area contributed by atoms with E-state index in [1.165, 1.54) is 6.08 Å². The molecular weight excluding hydrogens is 402 g/mol. The Kier molecular flexibility index (Phi) is 8.79. The Bertz CT molecular complexity index is 862. The van der Waals surface area contributed by atoms with Gasteiger partial charge in [0.05, 0.1) is 18.0 Å². The highest BCUT2D eigenvalue weighted by Crippen LogP contribution is 2.16. The van der Waals surface area contributed by atoms with Crippen molar-refractivity contribution in [3.63, 3.8) is 0 Å². The molecule has 0 saturated carbocycles. The maximum Gasteiger partial charge on any atom is 0.248 e. The van der Waals surface area contributed by atoms with Gasteiger partial charge >= 0.3 is 0 Å². The Balaban J connectivity index is 1.43. The van der Waals surface area contributed by atoms with Crippen LogP contribution in [0.15, 0.2) is 54.7 Å². The maximum absolute atomic E-state index is 12.1. The molecule has 3 rings (SSSR count). The number of aliphatic hydroxyl groups is 1. The topological polar surface area (TPSA) is 71.9 Å². The molecular formula is C25H35N5O2. The predicted molar refractivity (Wildman–Crippen MR) is 131 cm³/mol. The average molecular weight is 438 g/mol. The van der Waals surface area contributed by atoms with Gasteiger partial charge in [-0.3, -0.25) is 9.69 Å². The van der Waals surface area contributed by atoms with Gasteiger partial charge in [-0.25, -0.2) is 4.98 Å². The maximum atomic E-state index is 12.1. The smallest absolute Gasteiger partial charge is 0.248 e. The molecule has 2 heterocycles. The second-order valence-electron chi connectivity index (χ2n) is 8.61.